The molecule has 2 N–H and O–H groups in total. The summed E-state index contributed by atoms with van der Waals surface area (Å²) in [5, 5.41) is 6.32. The Kier molecular flexibility index (Phi) is 7.06. The van der Waals surface area contributed by atoms with E-state index in [1.54, 1.807) is 46.9 Å². The molecule has 0 saturated carbocycles. The fraction of sp³-hybridized carbons (Fsp3) is 0.391. The maximum absolute atomic E-state index is 13.1. The SMILES string of the molecule is CN(C)C1CCN(S(=O)(=O)c2ccc(Nc3nccc(NC4C=CC(F)=CC4)n3)cc2)CC1. The molecule has 1 aromatic carbocycles. The van der Waals surface area contributed by atoms with Gasteiger partial charge in [0.1, 0.15) is 11.6 Å². The predicted molar refractivity (Wildman–Crippen MR) is 128 cm³/mol. The highest BCUT2D eigenvalue weighted by Crippen LogP contribution is 2.24. The Morgan fingerprint density at radius 2 is 1.85 bits per heavy atom. The van der Waals surface area contributed by atoms with E-state index in [9.17, 15) is 12.8 Å². The zero-order chi connectivity index (χ0) is 23.4. The number of piperidine rings is 1. The third-order valence-electron chi connectivity index (χ3n) is 5.95. The van der Waals surface area contributed by atoms with Crippen molar-refractivity contribution < 1.29 is 12.8 Å². The molecule has 2 aliphatic rings. The number of nitrogens with zero attached hydrogens (tertiary/aromatic N) is 4. The molecule has 176 valence electrons. The first-order chi connectivity index (χ1) is 15.8. The minimum absolute atomic E-state index is 0.0421. The topological polar surface area (TPSA) is 90.5 Å². The second kappa shape index (κ2) is 9.98. The second-order valence-electron chi connectivity index (χ2n) is 8.45. The maximum atomic E-state index is 13.1. The van der Waals surface area contributed by atoms with Gasteiger partial charge in [-0.1, -0.05) is 6.08 Å². The van der Waals surface area contributed by atoms with E-state index >= 15 is 0 Å². The van der Waals surface area contributed by atoms with Crippen molar-refractivity contribution in [3.05, 3.63) is 60.6 Å². The monoisotopic (exact) mass is 472 g/mol. The van der Waals surface area contributed by atoms with Crippen LogP contribution in [0.15, 0.2) is 65.5 Å². The van der Waals surface area contributed by atoms with E-state index in [1.807, 2.05) is 14.1 Å². The molecule has 4 rings (SSSR count). The van der Waals surface area contributed by atoms with E-state index in [-0.39, 0.29) is 16.8 Å². The van der Waals surface area contributed by atoms with Crippen molar-refractivity contribution in [1.29, 1.82) is 0 Å². The average molecular weight is 473 g/mol. The number of nitrogens with one attached hydrogen (secondary N) is 2. The van der Waals surface area contributed by atoms with Crippen LogP contribution in [0.3, 0.4) is 0 Å². The van der Waals surface area contributed by atoms with Gasteiger partial charge in [0.2, 0.25) is 16.0 Å². The number of benzene rings is 1. The van der Waals surface area contributed by atoms with E-state index in [0.717, 1.165) is 12.8 Å². The number of sulfonamides is 1. The molecule has 1 fully saturated rings. The second-order valence-corrected chi connectivity index (χ2v) is 10.4. The van der Waals surface area contributed by atoms with Crippen molar-refractivity contribution in [2.24, 2.45) is 0 Å². The molecule has 0 radical (unpaired) electrons. The van der Waals surface area contributed by atoms with Gasteiger partial charge in [-0.25, -0.2) is 17.8 Å². The first kappa shape index (κ1) is 23.3. The molecule has 1 atom stereocenters. The molecular formula is C23H29FN6O2S. The number of allylic oxidation sites excluding steroid dienone is 2. The Balaban J connectivity index is 1.38. The lowest BCUT2D eigenvalue weighted by Gasteiger charge is -2.34. The maximum Gasteiger partial charge on any atom is 0.243 e. The summed E-state index contributed by atoms with van der Waals surface area (Å²) in [5.74, 6) is 0.752. The van der Waals surface area contributed by atoms with Gasteiger partial charge in [-0.15, -0.1) is 0 Å². The van der Waals surface area contributed by atoms with Crippen LogP contribution < -0.4 is 10.6 Å². The van der Waals surface area contributed by atoms with Crippen molar-refractivity contribution in [3.63, 3.8) is 0 Å². The lowest BCUT2D eigenvalue weighted by molar-refractivity contribution is 0.196. The van der Waals surface area contributed by atoms with Crippen LogP contribution in [0.2, 0.25) is 0 Å². The van der Waals surface area contributed by atoms with Gasteiger partial charge in [-0.05, 0) is 75.8 Å². The molecule has 33 heavy (non-hydrogen) atoms. The molecule has 10 heteroatoms. The molecular weight excluding hydrogens is 443 g/mol. The molecule has 1 saturated heterocycles. The largest absolute Gasteiger partial charge is 0.363 e. The van der Waals surface area contributed by atoms with Gasteiger partial charge >= 0.3 is 0 Å². The van der Waals surface area contributed by atoms with Crippen LogP contribution in [0, 0.1) is 0 Å². The van der Waals surface area contributed by atoms with E-state index in [4.69, 9.17) is 0 Å². The highest BCUT2D eigenvalue weighted by Gasteiger charge is 2.30. The summed E-state index contributed by atoms with van der Waals surface area (Å²) < 4.78 is 40.7. The van der Waals surface area contributed by atoms with Crippen LogP contribution in [-0.2, 0) is 10.0 Å². The van der Waals surface area contributed by atoms with Gasteiger partial charge in [0, 0.05) is 37.1 Å². The molecule has 0 amide bonds. The van der Waals surface area contributed by atoms with Crippen LogP contribution >= 0.6 is 0 Å². The Bertz CT molecular complexity index is 1130. The van der Waals surface area contributed by atoms with Crippen LogP contribution in [0.5, 0.6) is 0 Å². The van der Waals surface area contributed by atoms with Gasteiger partial charge in [0.05, 0.1) is 4.90 Å². The van der Waals surface area contributed by atoms with Gasteiger partial charge in [-0.3, -0.25) is 0 Å². The normalized spacial score (nSPS) is 20.0. The fourth-order valence-electron chi connectivity index (χ4n) is 3.98. The summed E-state index contributed by atoms with van der Waals surface area (Å²) >= 11 is 0. The number of rotatable bonds is 7. The van der Waals surface area contributed by atoms with Crippen LogP contribution in [0.1, 0.15) is 19.3 Å². The molecule has 2 aromatic rings. The smallest absolute Gasteiger partial charge is 0.243 e. The minimum Gasteiger partial charge on any atom is -0.363 e. The lowest BCUT2D eigenvalue weighted by atomic mass is 10.1. The minimum atomic E-state index is -3.52. The van der Waals surface area contributed by atoms with Crippen LogP contribution in [0.4, 0.5) is 21.8 Å². The molecule has 1 aliphatic heterocycles. The summed E-state index contributed by atoms with van der Waals surface area (Å²) in [4.78, 5) is 11.1. The molecule has 0 spiro atoms. The zero-order valence-corrected chi connectivity index (χ0v) is 19.6. The third kappa shape index (κ3) is 5.76. The number of hydrogen-bond acceptors (Lipinski definition) is 7. The molecule has 1 aromatic heterocycles. The third-order valence-corrected chi connectivity index (χ3v) is 7.86. The van der Waals surface area contributed by atoms with Gasteiger partial charge < -0.3 is 15.5 Å². The molecule has 1 aliphatic carbocycles. The van der Waals surface area contributed by atoms with Crippen molar-refractivity contribution in [2.45, 2.75) is 36.2 Å². The number of aromatic nitrogens is 2. The highest BCUT2D eigenvalue weighted by molar-refractivity contribution is 7.89. The summed E-state index contributed by atoms with van der Waals surface area (Å²) in [6.07, 6.45) is 8.53. The summed E-state index contributed by atoms with van der Waals surface area (Å²) in [6.45, 7) is 1.05. The van der Waals surface area contributed by atoms with Crippen LogP contribution in [-0.4, -0.2) is 66.9 Å². The summed E-state index contributed by atoms with van der Waals surface area (Å²) in [7, 11) is 0.539. The van der Waals surface area contributed by atoms with E-state index in [2.05, 4.69) is 25.5 Å². The van der Waals surface area contributed by atoms with Crippen molar-refractivity contribution in [1.82, 2.24) is 19.2 Å². The Morgan fingerprint density at radius 3 is 2.48 bits per heavy atom. The highest BCUT2D eigenvalue weighted by atomic mass is 32.2. The number of anilines is 3. The number of hydrogen-bond donors (Lipinski definition) is 2. The standard InChI is InChI=1S/C23H29FN6O2S/c1-29(2)20-12-15-30(16-13-20)33(31,32)21-9-7-19(8-10-21)27-23-25-14-11-22(28-23)26-18-5-3-17(24)4-6-18/h3-5,7-11,14,18,20H,6,12-13,15-16H2,1-2H3,(H2,25,26,27,28). The van der Waals surface area contributed by atoms with Crippen molar-refractivity contribution >= 4 is 27.5 Å². The molecule has 8 nitrogen and oxygen atoms in total. The Hall–Kier alpha value is -2.82. The first-order valence-corrected chi connectivity index (χ1v) is 12.4. The van der Waals surface area contributed by atoms with E-state index < -0.39 is 10.0 Å². The van der Waals surface area contributed by atoms with Crippen molar-refractivity contribution in [2.75, 3.05) is 37.8 Å². The van der Waals surface area contributed by atoms with Gasteiger partial charge in [0.25, 0.3) is 0 Å². The first-order valence-electron chi connectivity index (χ1n) is 11.0. The van der Waals surface area contributed by atoms with Crippen LogP contribution in [0.25, 0.3) is 0 Å². The predicted octanol–water partition coefficient (Wildman–Crippen LogP) is 3.53. The molecule has 2 heterocycles. The zero-order valence-electron chi connectivity index (χ0n) is 18.8. The fourth-order valence-corrected chi connectivity index (χ4v) is 5.45. The van der Waals surface area contributed by atoms with E-state index in [0.29, 0.717) is 43.0 Å². The number of halogens is 1. The quantitative estimate of drug-likeness (QED) is 0.637. The Morgan fingerprint density at radius 1 is 1.12 bits per heavy atom. The summed E-state index contributed by atoms with van der Waals surface area (Å²) in [5.41, 5.74) is 0.681. The lowest BCUT2D eigenvalue weighted by Crippen LogP contribution is -2.44. The summed E-state index contributed by atoms with van der Waals surface area (Å²) in [6, 6.07) is 8.74. The molecule has 1 unspecified atom stereocenters. The van der Waals surface area contributed by atoms with Gasteiger partial charge in [0.15, 0.2) is 0 Å². The Labute approximate surface area is 194 Å². The van der Waals surface area contributed by atoms with Gasteiger partial charge in [-0.2, -0.15) is 9.29 Å². The van der Waals surface area contributed by atoms with Crippen molar-refractivity contribution in [3.8, 4) is 0 Å². The molecule has 0 bridgehead atoms. The average Bonchev–Trinajstić information content (AvgIpc) is 2.81. The van der Waals surface area contributed by atoms with E-state index in [1.165, 1.54) is 12.2 Å².